The van der Waals surface area contributed by atoms with Gasteiger partial charge < -0.3 is 11.2 Å². The van der Waals surface area contributed by atoms with Crippen LogP contribution in [-0.4, -0.2) is 11.4 Å². The summed E-state index contributed by atoms with van der Waals surface area (Å²) in [5.41, 5.74) is 4.47. The molecule has 32 valence electrons. The minimum atomic E-state index is -0.333. The molecule has 0 aromatic rings. The average Bonchev–Trinajstić information content (AvgIpc) is 0.811. The van der Waals surface area contributed by atoms with Gasteiger partial charge >= 0.3 is 51.4 Å². The number of nitrogens with two attached hydrogens (primary N) is 1. The van der Waals surface area contributed by atoms with Gasteiger partial charge in [0.15, 0.2) is 0 Å². The third-order valence-corrected chi connectivity index (χ3v) is 0. The van der Waals surface area contributed by atoms with Crippen LogP contribution in [0, 0.1) is 0 Å². The normalized spacial score (nSPS) is 4.17. The average molecular weight is 115 g/mol. The Bertz CT molecular complexity index is 34.5. The summed E-state index contributed by atoms with van der Waals surface area (Å²) in [5.74, 6) is -0.333. The maximum absolute atomic E-state index is 9.22. The summed E-state index contributed by atoms with van der Waals surface area (Å²) >= 11 is 0. The third kappa shape index (κ3) is 73.7. The standard InChI is InChI=1S/C2H5NO.K.H2O/c1-2(3)4;;/h1H3,(H2,3,4);;1H2/q;+1;/p-1. The second-order valence-corrected chi connectivity index (χ2v) is 0.611. The fourth-order valence-corrected chi connectivity index (χ4v) is 0. The van der Waals surface area contributed by atoms with Crippen LogP contribution < -0.4 is 57.1 Å². The quantitative estimate of drug-likeness (QED) is 0.330. The molecule has 0 fully saturated rings. The molecule has 0 rings (SSSR count). The summed E-state index contributed by atoms with van der Waals surface area (Å²) < 4.78 is 0. The van der Waals surface area contributed by atoms with Crippen molar-refractivity contribution in [3.8, 4) is 0 Å². The number of carbonyl (C=O) groups excluding carboxylic acids is 1. The molecule has 0 saturated carbocycles. The van der Waals surface area contributed by atoms with Gasteiger partial charge in [-0.15, -0.1) is 0 Å². The topological polar surface area (TPSA) is 73.1 Å². The van der Waals surface area contributed by atoms with E-state index in [1.54, 1.807) is 0 Å². The van der Waals surface area contributed by atoms with Gasteiger partial charge in [0.2, 0.25) is 5.91 Å². The van der Waals surface area contributed by atoms with Gasteiger partial charge in [0.25, 0.3) is 0 Å². The molecular formula is C2H6KNO2. The Balaban J connectivity index is -0.0000000450. The minimum absolute atomic E-state index is 0. The Kier molecular flexibility index (Phi) is 24.7. The molecule has 1 amide bonds. The molecule has 3 N–H and O–H groups in total. The van der Waals surface area contributed by atoms with Crippen LogP contribution in [0.25, 0.3) is 0 Å². The molecule has 0 aliphatic carbocycles. The fourth-order valence-electron chi connectivity index (χ4n) is 0. The first kappa shape index (κ1) is 15.7. The van der Waals surface area contributed by atoms with Crippen LogP contribution in [0.2, 0.25) is 0 Å². The minimum Gasteiger partial charge on any atom is -0.870 e. The van der Waals surface area contributed by atoms with Crippen molar-refractivity contribution < 1.29 is 61.7 Å². The van der Waals surface area contributed by atoms with E-state index in [0.717, 1.165) is 0 Å². The van der Waals surface area contributed by atoms with E-state index in [1.165, 1.54) is 6.92 Å². The summed E-state index contributed by atoms with van der Waals surface area (Å²) in [6.07, 6.45) is 0. The molecule has 0 saturated heterocycles. The van der Waals surface area contributed by atoms with Gasteiger partial charge in [0.05, 0.1) is 0 Å². The molecule has 6 heavy (non-hydrogen) atoms. The number of carbonyl (C=O) groups is 1. The molecule has 4 heteroatoms. The first-order valence-corrected chi connectivity index (χ1v) is 0.993. The maximum atomic E-state index is 9.22. The zero-order chi connectivity index (χ0) is 3.58. The molecule has 0 radical (unpaired) electrons. The van der Waals surface area contributed by atoms with Gasteiger partial charge in [0, 0.05) is 6.92 Å². The number of hydrogen-bond donors (Lipinski definition) is 1. The van der Waals surface area contributed by atoms with Gasteiger partial charge in [0.1, 0.15) is 0 Å². The first-order chi connectivity index (χ1) is 1.73. The van der Waals surface area contributed by atoms with E-state index < -0.39 is 0 Å². The molecule has 0 aliphatic rings. The van der Waals surface area contributed by atoms with Crippen LogP contribution in [0.4, 0.5) is 0 Å². The van der Waals surface area contributed by atoms with Crippen molar-refractivity contribution in [1.29, 1.82) is 0 Å². The molecule has 0 aromatic carbocycles. The van der Waals surface area contributed by atoms with Crippen molar-refractivity contribution in [2.24, 2.45) is 5.73 Å². The molecule has 0 aliphatic heterocycles. The van der Waals surface area contributed by atoms with Crippen molar-refractivity contribution in [1.82, 2.24) is 0 Å². The Morgan fingerprint density at radius 2 is 1.67 bits per heavy atom. The smallest absolute Gasteiger partial charge is 0.870 e. The molecule has 0 atom stereocenters. The third-order valence-electron chi connectivity index (χ3n) is 0. The molecule has 0 unspecified atom stereocenters. The Hall–Kier alpha value is 1.07. The van der Waals surface area contributed by atoms with E-state index in [2.05, 4.69) is 5.73 Å². The second kappa shape index (κ2) is 9.42. The van der Waals surface area contributed by atoms with Crippen LogP contribution in [0.15, 0.2) is 0 Å². The Morgan fingerprint density at radius 3 is 1.67 bits per heavy atom. The van der Waals surface area contributed by atoms with E-state index in [-0.39, 0.29) is 62.8 Å². The Labute approximate surface area is 79.0 Å². The van der Waals surface area contributed by atoms with E-state index >= 15 is 0 Å². The van der Waals surface area contributed by atoms with Crippen LogP contribution in [0.5, 0.6) is 0 Å². The zero-order valence-electron chi connectivity index (χ0n) is 3.93. The van der Waals surface area contributed by atoms with E-state index in [0.29, 0.717) is 0 Å². The molecule has 0 spiro atoms. The number of primary amides is 1. The number of amides is 1. The van der Waals surface area contributed by atoms with Crippen LogP contribution in [0.1, 0.15) is 6.92 Å². The predicted octanol–water partition coefficient (Wildman–Crippen LogP) is -3.68. The predicted molar refractivity (Wildman–Crippen MR) is 16.8 cm³/mol. The van der Waals surface area contributed by atoms with Gasteiger partial charge in [-0.25, -0.2) is 0 Å². The second-order valence-electron chi connectivity index (χ2n) is 0.611. The molecule has 0 heterocycles. The summed E-state index contributed by atoms with van der Waals surface area (Å²) in [7, 11) is 0. The largest absolute Gasteiger partial charge is 1.00 e. The summed E-state index contributed by atoms with van der Waals surface area (Å²) in [6, 6.07) is 0. The molecular weight excluding hydrogens is 109 g/mol. The SMILES string of the molecule is CC(N)=O.[K+].[OH-]. The van der Waals surface area contributed by atoms with Crippen LogP contribution in [0.3, 0.4) is 0 Å². The Morgan fingerprint density at radius 1 is 1.67 bits per heavy atom. The van der Waals surface area contributed by atoms with Gasteiger partial charge in [-0.1, -0.05) is 0 Å². The molecule has 0 aromatic heterocycles. The van der Waals surface area contributed by atoms with Crippen LogP contribution in [-0.2, 0) is 4.79 Å². The van der Waals surface area contributed by atoms with Crippen molar-refractivity contribution in [3.05, 3.63) is 0 Å². The van der Waals surface area contributed by atoms with E-state index in [1.807, 2.05) is 0 Å². The van der Waals surface area contributed by atoms with E-state index in [9.17, 15) is 4.79 Å². The van der Waals surface area contributed by atoms with Gasteiger partial charge in [-0.3, -0.25) is 4.79 Å². The maximum Gasteiger partial charge on any atom is 1.00 e. The van der Waals surface area contributed by atoms with Crippen LogP contribution >= 0.6 is 0 Å². The summed E-state index contributed by atoms with van der Waals surface area (Å²) in [6.45, 7) is 1.31. The molecule has 0 bridgehead atoms. The van der Waals surface area contributed by atoms with Crippen molar-refractivity contribution >= 4 is 5.91 Å². The number of hydrogen-bond acceptors (Lipinski definition) is 2. The number of rotatable bonds is 0. The fraction of sp³-hybridized carbons (Fsp3) is 0.500. The monoisotopic (exact) mass is 115 g/mol. The zero-order valence-corrected chi connectivity index (χ0v) is 7.06. The molecule has 3 nitrogen and oxygen atoms in total. The summed E-state index contributed by atoms with van der Waals surface area (Å²) in [4.78, 5) is 9.22. The first-order valence-electron chi connectivity index (χ1n) is 0.993. The van der Waals surface area contributed by atoms with Crippen molar-refractivity contribution in [2.45, 2.75) is 6.92 Å². The van der Waals surface area contributed by atoms with Crippen molar-refractivity contribution in [3.63, 3.8) is 0 Å². The van der Waals surface area contributed by atoms with E-state index in [4.69, 9.17) is 0 Å². The summed E-state index contributed by atoms with van der Waals surface area (Å²) in [5, 5.41) is 0. The van der Waals surface area contributed by atoms with Gasteiger partial charge in [-0.2, -0.15) is 0 Å². The van der Waals surface area contributed by atoms with Gasteiger partial charge in [-0.05, 0) is 0 Å². The van der Waals surface area contributed by atoms with Crippen molar-refractivity contribution in [2.75, 3.05) is 0 Å².